The van der Waals surface area contributed by atoms with Gasteiger partial charge >= 0.3 is 0 Å². The molecule has 146 valence electrons. The second-order valence-electron chi connectivity index (χ2n) is 6.28. The van der Waals surface area contributed by atoms with Crippen LogP contribution in [-0.4, -0.2) is 42.4 Å². The molecule has 1 aliphatic heterocycles. The van der Waals surface area contributed by atoms with Crippen LogP contribution >= 0.6 is 11.3 Å². The monoisotopic (exact) mass is 401 g/mol. The van der Waals surface area contributed by atoms with E-state index in [2.05, 4.69) is 10.3 Å². The number of fused-ring (bicyclic) bond motifs is 2. The molecule has 0 radical (unpaired) electrons. The highest BCUT2D eigenvalue weighted by molar-refractivity contribution is 7.20. The first-order valence-corrected chi connectivity index (χ1v) is 9.58. The van der Waals surface area contributed by atoms with Crippen LogP contribution in [0.5, 0.6) is 11.5 Å². The van der Waals surface area contributed by atoms with Gasteiger partial charge < -0.3 is 19.5 Å². The van der Waals surface area contributed by atoms with Gasteiger partial charge in [0.05, 0.1) is 29.7 Å². The molecule has 1 aliphatic rings. The third-order valence-corrected chi connectivity index (χ3v) is 5.66. The number of hydrogen-bond donors (Lipinski definition) is 1. The van der Waals surface area contributed by atoms with Crippen molar-refractivity contribution in [1.82, 2.24) is 9.55 Å². The Kier molecular flexibility index (Phi) is 5.01. The Morgan fingerprint density at radius 2 is 2.11 bits per heavy atom. The number of anilines is 1. The molecule has 0 spiro atoms. The molecule has 2 aromatic heterocycles. The van der Waals surface area contributed by atoms with Crippen LogP contribution in [0.25, 0.3) is 10.2 Å². The summed E-state index contributed by atoms with van der Waals surface area (Å²) in [5.41, 5.74) is 1.05. The number of benzene rings is 1. The Balaban J connectivity index is 1.63. The van der Waals surface area contributed by atoms with Crippen LogP contribution < -0.4 is 20.3 Å². The molecule has 9 heteroatoms. The van der Waals surface area contributed by atoms with E-state index in [1.165, 1.54) is 22.2 Å². The van der Waals surface area contributed by atoms with Crippen molar-refractivity contribution in [1.29, 1.82) is 0 Å². The number of carbonyl (C=O) groups excluding carboxylic acids is 1. The standard InChI is InChI=1S/C19H19N3O5S/c1-11-15-18(20-10-22(19(15)24)5-6-25-2)28-16(11)17(23)21-12-3-4-13-14(9-12)27-8-7-26-13/h3-4,9-10H,5-8H2,1-2H3,(H,21,23). The lowest BCUT2D eigenvalue weighted by Gasteiger charge is -2.18. The number of thiophene rings is 1. The Hall–Kier alpha value is -2.91. The van der Waals surface area contributed by atoms with Crippen LogP contribution in [0, 0.1) is 6.92 Å². The molecule has 0 saturated carbocycles. The molecule has 1 N–H and O–H groups in total. The number of nitrogens with one attached hydrogen (secondary N) is 1. The SMILES string of the molecule is COCCn1cnc2sc(C(=O)Nc3ccc4c(c3)OCCO4)c(C)c2c1=O. The number of hydrogen-bond acceptors (Lipinski definition) is 7. The van der Waals surface area contributed by atoms with Gasteiger partial charge in [0.25, 0.3) is 11.5 Å². The molecule has 0 aliphatic carbocycles. The Morgan fingerprint density at radius 1 is 1.32 bits per heavy atom. The molecule has 8 nitrogen and oxygen atoms in total. The molecule has 0 unspecified atom stereocenters. The zero-order chi connectivity index (χ0) is 19.7. The minimum absolute atomic E-state index is 0.172. The maximum absolute atomic E-state index is 12.8. The zero-order valence-electron chi connectivity index (χ0n) is 15.5. The second kappa shape index (κ2) is 7.61. The first kappa shape index (κ1) is 18.5. The fraction of sp³-hybridized carbons (Fsp3) is 0.316. The Morgan fingerprint density at radius 3 is 2.89 bits per heavy atom. The van der Waals surface area contributed by atoms with Gasteiger partial charge in [0.2, 0.25) is 0 Å². The number of ether oxygens (including phenoxy) is 3. The van der Waals surface area contributed by atoms with Gasteiger partial charge in [0.1, 0.15) is 18.0 Å². The molecule has 1 aromatic carbocycles. The molecule has 1 amide bonds. The number of aromatic nitrogens is 2. The van der Waals surface area contributed by atoms with Crippen molar-refractivity contribution < 1.29 is 19.0 Å². The van der Waals surface area contributed by atoms with Crippen molar-refractivity contribution in [2.45, 2.75) is 13.5 Å². The summed E-state index contributed by atoms with van der Waals surface area (Å²) >= 11 is 1.20. The van der Waals surface area contributed by atoms with Gasteiger partial charge in [0, 0.05) is 18.9 Å². The second-order valence-corrected chi connectivity index (χ2v) is 7.28. The quantitative estimate of drug-likeness (QED) is 0.706. The highest BCUT2D eigenvalue weighted by atomic mass is 32.1. The largest absolute Gasteiger partial charge is 0.486 e. The summed E-state index contributed by atoms with van der Waals surface area (Å²) in [5, 5.41) is 3.33. The van der Waals surface area contributed by atoms with E-state index in [9.17, 15) is 9.59 Å². The average Bonchev–Trinajstić information content (AvgIpc) is 3.05. The predicted octanol–water partition coefficient (Wildman–Crippen LogP) is 2.44. The van der Waals surface area contributed by atoms with Crippen LogP contribution in [0.15, 0.2) is 29.3 Å². The van der Waals surface area contributed by atoms with Gasteiger partial charge in [-0.25, -0.2) is 4.98 Å². The number of methoxy groups -OCH3 is 1. The van der Waals surface area contributed by atoms with Crippen molar-refractivity contribution >= 4 is 33.1 Å². The van der Waals surface area contributed by atoms with Crippen LogP contribution in [0.3, 0.4) is 0 Å². The van der Waals surface area contributed by atoms with Crippen molar-refractivity contribution in [3.05, 3.63) is 45.3 Å². The van der Waals surface area contributed by atoms with E-state index in [0.29, 0.717) is 64.2 Å². The molecule has 0 bridgehead atoms. The van der Waals surface area contributed by atoms with Gasteiger partial charge in [0.15, 0.2) is 11.5 Å². The van der Waals surface area contributed by atoms with Crippen molar-refractivity contribution in [2.75, 3.05) is 32.2 Å². The van der Waals surface area contributed by atoms with Gasteiger partial charge in [-0.3, -0.25) is 14.2 Å². The smallest absolute Gasteiger partial charge is 0.266 e. The lowest BCUT2D eigenvalue weighted by molar-refractivity contribution is 0.103. The maximum atomic E-state index is 12.8. The third-order valence-electron chi connectivity index (χ3n) is 4.46. The summed E-state index contributed by atoms with van der Waals surface area (Å²) in [4.78, 5) is 30.9. The summed E-state index contributed by atoms with van der Waals surface area (Å²) < 4.78 is 17.6. The van der Waals surface area contributed by atoms with E-state index in [-0.39, 0.29) is 11.5 Å². The lowest BCUT2D eigenvalue weighted by atomic mass is 10.2. The zero-order valence-corrected chi connectivity index (χ0v) is 16.3. The summed E-state index contributed by atoms with van der Waals surface area (Å²) in [6.45, 7) is 3.57. The molecule has 3 heterocycles. The van der Waals surface area contributed by atoms with Gasteiger partial charge in [-0.1, -0.05) is 0 Å². The number of amides is 1. The van der Waals surface area contributed by atoms with Crippen molar-refractivity contribution in [2.24, 2.45) is 0 Å². The molecule has 0 atom stereocenters. The van der Waals surface area contributed by atoms with Crippen molar-refractivity contribution in [3.8, 4) is 11.5 Å². The van der Waals surface area contributed by atoms with Crippen LogP contribution in [-0.2, 0) is 11.3 Å². The first-order chi connectivity index (χ1) is 13.6. The fourth-order valence-electron chi connectivity index (χ4n) is 3.03. The highest BCUT2D eigenvalue weighted by Gasteiger charge is 2.20. The molecule has 0 fully saturated rings. The number of carbonyl (C=O) groups is 1. The van der Waals surface area contributed by atoms with E-state index < -0.39 is 0 Å². The minimum Gasteiger partial charge on any atom is -0.486 e. The summed E-state index contributed by atoms with van der Waals surface area (Å²) in [6, 6.07) is 5.24. The van der Waals surface area contributed by atoms with Gasteiger partial charge in [-0.2, -0.15) is 0 Å². The fourth-order valence-corrected chi connectivity index (χ4v) is 4.07. The average molecular weight is 401 g/mol. The van der Waals surface area contributed by atoms with Crippen LogP contribution in [0.4, 0.5) is 5.69 Å². The maximum Gasteiger partial charge on any atom is 0.266 e. The molecule has 0 saturated heterocycles. The lowest BCUT2D eigenvalue weighted by Crippen LogP contribution is -2.22. The topological polar surface area (TPSA) is 91.7 Å². The minimum atomic E-state index is -0.292. The normalized spacial score (nSPS) is 12.9. The van der Waals surface area contributed by atoms with Crippen LogP contribution in [0.1, 0.15) is 15.2 Å². The first-order valence-electron chi connectivity index (χ1n) is 8.77. The van der Waals surface area contributed by atoms with E-state index in [0.717, 1.165) is 0 Å². The highest BCUT2D eigenvalue weighted by Crippen LogP contribution is 2.33. The molecular weight excluding hydrogens is 382 g/mol. The Bertz CT molecular complexity index is 1100. The van der Waals surface area contributed by atoms with Gasteiger partial charge in [-0.15, -0.1) is 11.3 Å². The summed E-state index contributed by atoms with van der Waals surface area (Å²) in [5.74, 6) is 0.961. The summed E-state index contributed by atoms with van der Waals surface area (Å²) in [6.07, 6.45) is 1.49. The predicted molar refractivity (Wildman–Crippen MR) is 106 cm³/mol. The van der Waals surface area contributed by atoms with E-state index in [4.69, 9.17) is 14.2 Å². The Labute approximate surface area is 164 Å². The van der Waals surface area contributed by atoms with Gasteiger partial charge in [-0.05, 0) is 24.6 Å². The van der Waals surface area contributed by atoms with E-state index in [1.807, 2.05) is 0 Å². The van der Waals surface area contributed by atoms with Crippen LogP contribution in [0.2, 0.25) is 0 Å². The molecule has 3 aromatic rings. The summed E-state index contributed by atoms with van der Waals surface area (Å²) in [7, 11) is 1.58. The number of nitrogens with zero attached hydrogens (tertiary/aromatic N) is 2. The number of rotatable bonds is 5. The van der Waals surface area contributed by atoms with E-state index >= 15 is 0 Å². The third kappa shape index (κ3) is 3.34. The molecule has 4 rings (SSSR count). The molecular formula is C19H19N3O5S. The molecule has 28 heavy (non-hydrogen) atoms. The number of aryl methyl sites for hydroxylation is 1. The van der Waals surface area contributed by atoms with Crippen molar-refractivity contribution in [3.63, 3.8) is 0 Å². The van der Waals surface area contributed by atoms with E-state index in [1.54, 1.807) is 32.2 Å².